The quantitative estimate of drug-likeness (QED) is 0.368. The van der Waals surface area contributed by atoms with Crippen LogP contribution in [0.5, 0.6) is 0 Å². The molecular formula is C13H27N3O2Si. The van der Waals surface area contributed by atoms with E-state index in [-0.39, 0.29) is 11.1 Å². The predicted molar refractivity (Wildman–Crippen MR) is 79.5 cm³/mol. The summed E-state index contributed by atoms with van der Waals surface area (Å²) >= 11 is 0. The standard InChI is InChI=1S/C13H27N3O2Si/c1-12(2,3)19(5,6)18-13(4)9-7-8-10(11(13)17)15-16-14/h10-11,17H,7-9H2,1-6H3/t10?,11-,13?/m1/s1. The van der Waals surface area contributed by atoms with Crippen LogP contribution < -0.4 is 0 Å². The molecule has 0 aliphatic heterocycles. The summed E-state index contributed by atoms with van der Waals surface area (Å²) in [5, 5.41) is 14.3. The zero-order valence-corrected chi connectivity index (χ0v) is 14.0. The van der Waals surface area contributed by atoms with Crippen LogP contribution in [0, 0.1) is 0 Å². The third kappa shape index (κ3) is 3.51. The molecule has 19 heavy (non-hydrogen) atoms. The Morgan fingerprint density at radius 1 is 1.42 bits per heavy atom. The smallest absolute Gasteiger partial charge is 0.192 e. The first-order valence-corrected chi connectivity index (χ1v) is 9.87. The summed E-state index contributed by atoms with van der Waals surface area (Å²) in [6, 6.07) is -0.367. The molecule has 0 heterocycles. The fraction of sp³-hybridized carbons (Fsp3) is 1.00. The molecule has 0 aromatic heterocycles. The topological polar surface area (TPSA) is 78.2 Å². The van der Waals surface area contributed by atoms with Crippen molar-refractivity contribution in [3.05, 3.63) is 10.4 Å². The van der Waals surface area contributed by atoms with Crippen LogP contribution >= 0.6 is 0 Å². The maximum absolute atomic E-state index is 10.5. The molecular weight excluding hydrogens is 258 g/mol. The van der Waals surface area contributed by atoms with Crippen LogP contribution in [0.1, 0.15) is 47.0 Å². The molecule has 110 valence electrons. The van der Waals surface area contributed by atoms with Crippen LogP contribution in [0.2, 0.25) is 18.1 Å². The van der Waals surface area contributed by atoms with Gasteiger partial charge in [-0.2, -0.15) is 0 Å². The molecule has 1 aliphatic carbocycles. The number of rotatable bonds is 3. The van der Waals surface area contributed by atoms with Crippen molar-refractivity contribution in [2.45, 2.75) is 82.8 Å². The van der Waals surface area contributed by atoms with Gasteiger partial charge >= 0.3 is 0 Å². The van der Waals surface area contributed by atoms with Gasteiger partial charge in [0.2, 0.25) is 0 Å². The lowest BCUT2D eigenvalue weighted by molar-refractivity contribution is -0.0853. The molecule has 0 aromatic carbocycles. The Morgan fingerprint density at radius 3 is 2.47 bits per heavy atom. The van der Waals surface area contributed by atoms with Gasteiger partial charge in [0.05, 0.1) is 17.7 Å². The van der Waals surface area contributed by atoms with Crippen LogP contribution in [0.15, 0.2) is 5.11 Å². The van der Waals surface area contributed by atoms with E-state index >= 15 is 0 Å². The third-order valence-corrected chi connectivity index (χ3v) is 9.25. The van der Waals surface area contributed by atoms with E-state index in [1.54, 1.807) is 0 Å². The van der Waals surface area contributed by atoms with Crippen molar-refractivity contribution in [3.63, 3.8) is 0 Å². The van der Waals surface area contributed by atoms with Crippen molar-refractivity contribution in [2.24, 2.45) is 5.11 Å². The molecule has 6 heteroatoms. The number of nitrogens with zero attached hydrogens (tertiary/aromatic N) is 3. The van der Waals surface area contributed by atoms with E-state index in [2.05, 4.69) is 43.9 Å². The Hall–Kier alpha value is -0.553. The highest BCUT2D eigenvalue weighted by atomic mass is 28.4. The Kier molecular flexibility index (Phi) is 4.73. The fourth-order valence-electron chi connectivity index (χ4n) is 2.41. The van der Waals surface area contributed by atoms with Crippen LogP contribution in [-0.2, 0) is 4.43 Å². The predicted octanol–water partition coefficient (Wildman–Crippen LogP) is 3.99. The zero-order chi connectivity index (χ0) is 14.9. The Bertz CT molecular complexity index is 375. The van der Waals surface area contributed by atoms with E-state index in [1.165, 1.54) is 0 Å². The number of aliphatic hydroxyl groups excluding tert-OH is 1. The van der Waals surface area contributed by atoms with Crippen molar-refractivity contribution < 1.29 is 9.53 Å². The summed E-state index contributed by atoms with van der Waals surface area (Å²) < 4.78 is 6.43. The Labute approximate surface area is 117 Å². The van der Waals surface area contributed by atoms with Gasteiger partial charge in [-0.1, -0.05) is 32.3 Å². The summed E-state index contributed by atoms with van der Waals surface area (Å²) in [6.45, 7) is 12.9. The highest BCUT2D eigenvalue weighted by Crippen LogP contribution is 2.43. The average molecular weight is 285 g/mol. The van der Waals surface area contributed by atoms with Crippen molar-refractivity contribution in [3.8, 4) is 0 Å². The number of aliphatic hydroxyl groups is 1. The van der Waals surface area contributed by atoms with E-state index in [1.807, 2.05) is 6.92 Å². The van der Waals surface area contributed by atoms with Gasteiger partial charge in [0, 0.05) is 4.91 Å². The molecule has 0 amide bonds. The fourth-order valence-corrected chi connectivity index (χ4v) is 4.10. The normalized spacial score (nSPS) is 32.8. The van der Waals surface area contributed by atoms with Crippen molar-refractivity contribution in [1.82, 2.24) is 0 Å². The summed E-state index contributed by atoms with van der Waals surface area (Å²) in [5.41, 5.74) is 7.99. The second-order valence-electron chi connectivity index (χ2n) is 7.28. The van der Waals surface area contributed by atoms with Crippen molar-refractivity contribution in [2.75, 3.05) is 0 Å². The lowest BCUT2D eigenvalue weighted by atomic mass is 9.81. The van der Waals surface area contributed by atoms with Gasteiger partial charge in [-0.3, -0.25) is 0 Å². The Balaban J connectivity index is 2.94. The van der Waals surface area contributed by atoms with Crippen LogP contribution in [0.3, 0.4) is 0 Å². The maximum atomic E-state index is 10.5. The molecule has 0 spiro atoms. The first kappa shape index (κ1) is 16.5. The van der Waals surface area contributed by atoms with Gasteiger partial charge < -0.3 is 9.53 Å². The van der Waals surface area contributed by atoms with Gasteiger partial charge in [-0.05, 0) is 43.4 Å². The molecule has 0 saturated heterocycles. The lowest BCUT2D eigenvalue weighted by Gasteiger charge is -2.49. The van der Waals surface area contributed by atoms with E-state index in [0.717, 1.165) is 19.3 Å². The summed E-state index contributed by atoms with van der Waals surface area (Å²) in [6.07, 6.45) is 1.76. The minimum absolute atomic E-state index is 0.0984. The largest absolute Gasteiger partial charge is 0.409 e. The van der Waals surface area contributed by atoms with Gasteiger partial charge in [-0.15, -0.1) is 0 Å². The van der Waals surface area contributed by atoms with Crippen LogP contribution in [0.25, 0.3) is 10.4 Å². The molecule has 5 nitrogen and oxygen atoms in total. The van der Waals surface area contributed by atoms with Crippen LogP contribution in [0.4, 0.5) is 0 Å². The second kappa shape index (κ2) is 5.44. The van der Waals surface area contributed by atoms with E-state index < -0.39 is 20.0 Å². The minimum Gasteiger partial charge on any atom is -0.409 e. The molecule has 1 rings (SSSR count). The van der Waals surface area contributed by atoms with E-state index in [0.29, 0.717) is 0 Å². The monoisotopic (exact) mass is 285 g/mol. The minimum atomic E-state index is -1.95. The molecule has 1 N–H and O–H groups in total. The van der Waals surface area contributed by atoms with E-state index in [4.69, 9.17) is 9.96 Å². The average Bonchev–Trinajstić information content (AvgIpc) is 2.23. The first-order valence-electron chi connectivity index (χ1n) is 6.96. The van der Waals surface area contributed by atoms with Crippen molar-refractivity contribution in [1.29, 1.82) is 0 Å². The zero-order valence-electron chi connectivity index (χ0n) is 13.0. The van der Waals surface area contributed by atoms with Gasteiger partial charge in [0.15, 0.2) is 8.32 Å². The number of hydrogen-bond donors (Lipinski definition) is 1. The molecule has 3 atom stereocenters. The number of hydrogen-bond acceptors (Lipinski definition) is 3. The molecule has 1 saturated carbocycles. The SMILES string of the molecule is CC1(O[Si](C)(C)C(C)(C)C)CCCC(N=[N+]=[N-])[C@H]1O. The lowest BCUT2D eigenvalue weighted by Crippen LogP contribution is -2.58. The van der Waals surface area contributed by atoms with Crippen LogP contribution in [-0.4, -0.2) is 31.2 Å². The molecule has 0 aromatic rings. The molecule has 1 aliphatic rings. The second-order valence-corrected chi connectivity index (χ2v) is 12.0. The van der Waals surface area contributed by atoms with Gasteiger partial charge in [0.25, 0.3) is 0 Å². The summed E-state index contributed by atoms with van der Waals surface area (Å²) in [4.78, 5) is 2.84. The Morgan fingerprint density at radius 2 is 2.00 bits per heavy atom. The third-order valence-electron chi connectivity index (χ3n) is 4.66. The molecule has 2 unspecified atom stereocenters. The van der Waals surface area contributed by atoms with E-state index in [9.17, 15) is 5.11 Å². The molecule has 0 radical (unpaired) electrons. The maximum Gasteiger partial charge on any atom is 0.192 e. The number of azide groups is 1. The van der Waals surface area contributed by atoms with Gasteiger partial charge in [0.1, 0.15) is 0 Å². The van der Waals surface area contributed by atoms with Crippen molar-refractivity contribution >= 4 is 8.32 Å². The highest BCUT2D eigenvalue weighted by molar-refractivity contribution is 6.74. The molecule has 0 bridgehead atoms. The first-order chi connectivity index (χ1) is 8.53. The highest BCUT2D eigenvalue weighted by Gasteiger charge is 2.48. The molecule has 1 fully saturated rings. The summed E-state index contributed by atoms with van der Waals surface area (Å²) in [5.74, 6) is 0. The summed E-state index contributed by atoms with van der Waals surface area (Å²) in [7, 11) is -1.95. The van der Waals surface area contributed by atoms with Gasteiger partial charge in [-0.25, -0.2) is 0 Å².